The molecule has 1 aliphatic rings. The van der Waals surface area contributed by atoms with Gasteiger partial charge in [0.25, 0.3) is 5.91 Å². The molecule has 0 bridgehead atoms. The van der Waals surface area contributed by atoms with Crippen molar-refractivity contribution in [2.24, 2.45) is 0 Å². The summed E-state index contributed by atoms with van der Waals surface area (Å²) in [5, 5.41) is 15.8. The van der Waals surface area contributed by atoms with Crippen LogP contribution in [0.25, 0.3) is 0 Å². The SMILES string of the molecule is C[C@@H]1C=C(O)[C@@H](CNC(=O)c2cccc(C(C)(C)C)c2)N1. The molecule has 0 spiro atoms. The van der Waals surface area contributed by atoms with Gasteiger partial charge in [0.15, 0.2) is 0 Å². The van der Waals surface area contributed by atoms with E-state index in [-0.39, 0.29) is 23.4 Å². The molecule has 114 valence electrons. The lowest BCUT2D eigenvalue weighted by atomic mass is 9.86. The highest BCUT2D eigenvalue weighted by Gasteiger charge is 2.23. The van der Waals surface area contributed by atoms with E-state index in [1.165, 1.54) is 0 Å². The van der Waals surface area contributed by atoms with Crippen molar-refractivity contribution in [3.63, 3.8) is 0 Å². The van der Waals surface area contributed by atoms with Gasteiger partial charge in [-0.2, -0.15) is 0 Å². The molecule has 4 nitrogen and oxygen atoms in total. The first kappa shape index (κ1) is 15.6. The largest absolute Gasteiger partial charge is 0.511 e. The summed E-state index contributed by atoms with van der Waals surface area (Å²) in [7, 11) is 0. The van der Waals surface area contributed by atoms with Crippen molar-refractivity contribution in [3.05, 3.63) is 47.2 Å². The van der Waals surface area contributed by atoms with E-state index in [0.717, 1.165) is 5.56 Å². The Morgan fingerprint density at radius 1 is 1.38 bits per heavy atom. The summed E-state index contributed by atoms with van der Waals surface area (Å²) >= 11 is 0. The second-order valence-corrected chi connectivity index (χ2v) is 6.64. The minimum absolute atomic E-state index is 0.0136. The highest BCUT2D eigenvalue weighted by molar-refractivity contribution is 5.94. The monoisotopic (exact) mass is 288 g/mol. The van der Waals surface area contributed by atoms with Crippen LogP contribution >= 0.6 is 0 Å². The first-order valence-electron chi connectivity index (χ1n) is 7.33. The molecule has 1 heterocycles. The zero-order valence-electron chi connectivity index (χ0n) is 13.1. The van der Waals surface area contributed by atoms with Gasteiger partial charge >= 0.3 is 0 Å². The molecule has 1 aliphatic heterocycles. The Morgan fingerprint density at radius 2 is 2.10 bits per heavy atom. The van der Waals surface area contributed by atoms with Gasteiger partial charge in [-0.1, -0.05) is 32.9 Å². The summed E-state index contributed by atoms with van der Waals surface area (Å²) in [5.74, 6) is 0.182. The van der Waals surface area contributed by atoms with Gasteiger partial charge in [0.1, 0.15) is 5.76 Å². The predicted molar refractivity (Wildman–Crippen MR) is 84.6 cm³/mol. The molecule has 0 radical (unpaired) electrons. The molecule has 3 N–H and O–H groups in total. The Hall–Kier alpha value is -1.81. The van der Waals surface area contributed by atoms with E-state index in [0.29, 0.717) is 17.9 Å². The number of aliphatic hydroxyl groups is 1. The summed E-state index contributed by atoms with van der Waals surface area (Å²) in [5.41, 5.74) is 1.79. The lowest BCUT2D eigenvalue weighted by Crippen LogP contribution is -2.41. The van der Waals surface area contributed by atoms with Crippen LogP contribution < -0.4 is 10.6 Å². The number of aliphatic hydroxyl groups excluding tert-OH is 1. The van der Waals surface area contributed by atoms with Crippen molar-refractivity contribution in [2.45, 2.75) is 45.2 Å². The average Bonchev–Trinajstić information content (AvgIpc) is 2.73. The third kappa shape index (κ3) is 3.85. The fourth-order valence-electron chi connectivity index (χ4n) is 2.41. The van der Waals surface area contributed by atoms with Crippen LogP contribution in [0.4, 0.5) is 0 Å². The maximum atomic E-state index is 12.2. The summed E-state index contributed by atoms with van der Waals surface area (Å²) < 4.78 is 0. The van der Waals surface area contributed by atoms with Crippen LogP contribution in [-0.2, 0) is 5.41 Å². The Morgan fingerprint density at radius 3 is 2.67 bits per heavy atom. The molecule has 2 atom stereocenters. The molecule has 0 aliphatic carbocycles. The lowest BCUT2D eigenvalue weighted by Gasteiger charge is -2.20. The molecule has 0 fully saturated rings. The van der Waals surface area contributed by atoms with E-state index in [4.69, 9.17) is 0 Å². The second kappa shape index (κ2) is 5.90. The highest BCUT2D eigenvalue weighted by atomic mass is 16.3. The maximum Gasteiger partial charge on any atom is 0.251 e. The fourth-order valence-corrected chi connectivity index (χ4v) is 2.41. The summed E-state index contributed by atoms with van der Waals surface area (Å²) in [6.45, 7) is 8.71. The zero-order chi connectivity index (χ0) is 15.6. The van der Waals surface area contributed by atoms with E-state index in [1.54, 1.807) is 6.08 Å². The molecule has 4 heteroatoms. The molecular formula is C17H24N2O2. The minimum Gasteiger partial charge on any atom is -0.511 e. The first-order valence-corrected chi connectivity index (χ1v) is 7.33. The van der Waals surface area contributed by atoms with E-state index in [1.807, 2.05) is 31.2 Å². The molecule has 1 amide bonds. The molecule has 21 heavy (non-hydrogen) atoms. The number of nitrogens with one attached hydrogen (secondary N) is 2. The van der Waals surface area contributed by atoms with Crippen molar-refractivity contribution in [1.82, 2.24) is 10.6 Å². The number of rotatable bonds is 3. The van der Waals surface area contributed by atoms with Gasteiger partial charge in [-0.3, -0.25) is 10.1 Å². The minimum atomic E-state index is -0.199. The van der Waals surface area contributed by atoms with Gasteiger partial charge < -0.3 is 10.4 Å². The van der Waals surface area contributed by atoms with Gasteiger partial charge in [-0.15, -0.1) is 0 Å². The van der Waals surface area contributed by atoms with Gasteiger partial charge in [-0.05, 0) is 36.1 Å². The molecule has 0 unspecified atom stereocenters. The number of carbonyl (C=O) groups is 1. The summed E-state index contributed by atoms with van der Waals surface area (Å²) in [4.78, 5) is 12.2. The van der Waals surface area contributed by atoms with Gasteiger partial charge in [0.05, 0.1) is 6.04 Å². The molecule has 2 rings (SSSR count). The third-order valence-electron chi connectivity index (χ3n) is 3.70. The standard InChI is InChI=1S/C17H24N2O2/c1-11-8-15(20)14(19-11)10-18-16(21)12-6-5-7-13(9-12)17(2,3)4/h5-9,11,14,19-20H,10H2,1-4H3,(H,18,21)/t11-,14-/m1/s1. The van der Waals surface area contributed by atoms with Crippen LogP contribution in [0.3, 0.4) is 0 Å². The van der Waals surface area contributed by atoms with Gasteiger partial charge in [0, 0.05) is 18.2 Å². The number of benzene rings is 1. The van der Waals surface area contributed by atoms with Gasteiger partial charge in [0.2, 0.25) is 0 Å². The zero-order valence-corrected chi connectivity index (χ0v) is 13.1. The Bertz CT molecular complexity index is 558. The smallest absolute Gasteiger partial charge is 0.251 e. The lowest BCUT2D eigenvalue weighted by molar-refractivity contribution is 0.0949. The van der Waals surface area contributed by atoms with E-state index in [2.05, 4.69) is 31.4 Å². The average molecular weight is 288 g/mol. The van der Waals surface area contributed by atoms with Crippen LogP contribution in [-0.4, -0.2) is 29.6 Å². The number of carbonyl (C=O) groups excluding carboxylic acids is 1. The molecule has 0 aromatic heterocycles. The molecule has 0 saturated heterocycles. The Kier molecular flexibility index (Phi) is 4.37. The van der Waals surface area contributed by atoms with Crippen LogP contribution in [0.1, 0.15) is 43.6 Å². The second-order valence-electron chi connectivity index (χ2n) is 6.64. The Balaban J connectivity index is 2.00. The number of amides is 1. The fraction of sp³-hybridized carbons (Fsp3) is 0.471. The van der Waals surface area contributed by atoms with Crippen molar-refractivity contribution in [2.75, 3.05) is 6.54 Å². The molecule has 1 aromatic rings. The quantitative estimate of drug-likeness (QED) is 0.801. The van der Waals surface area contributed by atoms with Crippen LogP contribution in [0.2, 0.25) is 0 Å². The number of hydrogen-bond donors (Lipinski definition) is 3. The predicted octanol–water partition coefficient (Wildman–Crippen LogP) is 2.52. The first-order chi connectivity index (χ1) is 9.77. The van der Waals surface area contributed by atoms with Crippen molar-refractivity contribution in [1.29, 1.82) is 0 Å². The topological polar surface area (TPSA) is 61.4 Å². The Labute approximate surface area is 126 Å². The summed E-state index contributed by atoms with van der Waals surface area (Å²) in [6, 6.07) is 7.61. The third-order valence-corrected chi connectivity index (χ3v) is 3.70. The van der Waals surface area contributed by atoms with E-state index >= 15 is 0 Å². The molecular weight excluding hydrogens is 264 g/mol. The highest BCUT2D eigenvalue weighted by Crippen LogP contribution is 2.22. The molecule has 1 aromatic carbocycles. The number of hydrogen-bond acceptors (Lipinski definition) is 3. The van der Waals surface area contributed by atoms with Crippen molar-refractivity contribution in [3.8, 4) is 0 Å². The van der Waals surface area contributed by atoms with Gasteiger partial charge in [-0.25, -0.2) is 0 Å². The van der Waals surface area contributed by atoms with Crippen LogP contribution in [0, 0.1) is 0 Å². The summed E-state index contributed by atoms with van der Waals surface area (Å²) in [6.07, 6.45) is 1.76. The van der Waals surface area contributed by atoms with Crippen LogP contribution in [0.15, 0.2) is 36.1 Å². The molecule has 0 saturated carbocycles. The van der Waals surface area contributed by atoms with Crippen LogP contribution in [0.5, 0.6) is 0 Å². The van der Waals surface area contributed by atoms with E-state index < -0.39 is 0 Å². The van der Waals surface area contributed by atoms with Crippen molar-refractivity contribution < 1.29 is 9.90 Å². The normalized spacial score (nSPS) is 22.0. The maximum absolute atomic E-state index is 12.2. The van der Waals surface area contributed by atoms with Crippen molar-refractivity contribution >= 4 is 5.91 Å². The van der Waals surface area contributed by atoms with E-state index in [9.17, 15) is 9.90 Å².